The van der Waals surface area contributed by atoms with Crippen LogP contribution in [0.5, 0.6) is 0 Å². The molecular weight excluding hydrogens is 433 g/mol. The van der Waals surface area contributed by atoms with Crippen molar-refractivity contribution in [3.8, 4) is 0 Å². The number of anilines is 1. The Balaban J connectivity index is 1.35. The molecule has 1 amide bonds. The van der Waals surface area contributed by atoms with Crippen LogP contribution in [0.3, 0.4) is 0 Å². The summed E-state index contributed by atoms with van der Waals surface area (Å²) in [6.45, 7) is 2.21. The molecule has 1 fully saturated rings. The molecule has 1 saturated heterocycles. The number of carbonyl (C=O) groups excluding carboxylic acids is 1. The van der Waals surface area contributed by atoms with E-state index in [0.29, 0.717) is 16.8 Å². The first-order chi connectivity index (χ1) is 13.9. The Morgan fingerprint density at radius 1 is 1.28 bits per heavy atom. The molecule has 4 rings (SSSR count). The third kappa shape index (κ3) is 4.49. The molecule has 152 valence electrons. The minimum atomic E-state index is -0.573. The summed E-state index contributed by atoms with van der Waals surface area (Å²) in [6, 6.07) is 9.53. The summed E-state index contributed by atoms with van der Waals surface area (Å²) in [5.41, 5.74) is 1.20. The average Bonchev–Trinajstić information content (AvgIpc) is 2.69. The van der Waals surface area contributed by atoms with E-state index in [1.54, 1.807) is 12.1 Å². The number of aromatic nitrogens is 1. The third-order valence-electron chi connectivity index (χ3n) is 5.27. The highest BCUT2D eigenvalue weighted by Crippen LogP contribution is 2.36. The molecule has 0 spiro atoms. The van der Waals surface area contributed by atoms with E-state index in [9.17, 15) is 14.0 Å². The first-order valence-electron chi connectivity index (χ1n) is 9.27. The third-order valence-corrected chi connectivity index (χ3v) is 7.03. The van der Waals surface area contributed by atoms with Gasteiger partial charge in [-0.05, 0) is 36.6 Å². The molecule has 2 aliphatic heterocycles. The van der Waals surface area contributed by atoms with E-state index in [2.05, 4.69) is 10.2 Å². The summed E-state index contributed by atoms with van der Waals surface area (Å²) in [5.74, 6) is -0.185. The van der Waals surface area contributed by atoms with Crippen molar-refractivity contribution < 1.29 is 9.18 Å². The van der Waals surface area contributed by atoms with E-state index in [1.165, 1.54) is 23.9 Å². The number of likely N-dealkylation sites (tertiary alicyclic amines) is 1. The van der Waals surface area contributed by atoms with Crippen molar-refractivity contribution >= 4 is 51.5 Å². The van der Waals surface area contributed by atoms with Crippen LogP contribution in [0.4, 0.5) is 10.1 Å². The molecule has 0 aliphatic carbocycles. The molecule has 2 aliphatic rings. The summed E-state index contributed by atoms with van der Waals surface area (Å²) in [5, 5.41) is 2.82. The van der Waals surface area contributed by atoms with Gasteiger partial charge in [-0.15, -0.1) is 0 Å². The Morgan fingerprint density at radius 3 is 2.90 bits per heavy atom. The highest BCUT2D eigenvalue weighted by molar-refractivity contribution is 8.23. The van der Waals surface area contributed by atoms with Crippen LogP contribution in [-0.4, -0.2) is 38.5 Å². The number of piperidine rings is 1. The highest BCUT2D eigenvalue weighted by Gasteiger charge is 2.35. The van der Waals surface area contributed by atoms with Gasteiger partial charge in [0, 0.05) is 42.3 Å². The first kappa shape index (κ1) is 20.4. The molecule has 1 aromatic heterocycles. The molecule has 1 N–H and O–H groups in total. The number of fused-ring (bicyclic) bond motifs is 4. The van der Waals surface area contributed by atoms with E-state index in [1.807, 2.05) is 10.6 Å². The smallest absolute Gasteiger partial charge is 0.250 e. The fourth-order valence-corrected chi connectivity index (χ4v) is 5.18. The van der Waals surface area contributed by atoms with E-state index in [0.717, 1.165) is 31.3 Å². The normalized spacial score (nSPS) is 20.1. The number of halogens is 2. The summed E-state index contributed by atoms with van der Waals surface area (Å²) in [6.07, 6.45) is 1.05. The van der Waals surface area contributed by atoms with E-state index in [-0.39, 0.29) is 33.8 Å². The van der Waals surface area contributed by atoms with Crippen LogP contribution in [0.1, 0.15) is 18.0 Å². The molecular formula is C20H19ClFN3O2S2. The van der Waals surface area contributed by atoms with Crippen LogP contribution in [0, 0.1) is 11.7 Å². The van der Waals surface area contributed by atoms with Crippen molar-refractivity contribution in [1.29, 1.82) is 0 Å². The zero-order valence-electron chi connectivity index (χ0n) is 15.4. The van der Waals surface area contributed by atoms with Gasteiger partial charge < -0.3 is 14.8 Å². The fraction of sp³-hybridized carbons (Fsp3) is 0.350. The second kappa shape index (κ2) is 8.45. The number of carbonyl (C=O) groups is 1. The minimum Gasteiger partial charge on any atom is -0.356 e. The van der Waals surface area contributed by atoms with Gasteiger partial charge in [0.1, 0.15) is 10.1 Å². The van der Waals surface area contributed by atoms with Crippen molar-refractivity contribution in [2.75, 3.05) is 24.2 Å². The first-order valence-corrected chi connectivity index (χ1v) is 11.0. The largest absolute Gasteiger partial charge is 0.356 e. The Hall–Kier alpha value is -1.90. The molecule has 0 unspecified atom stereocenters. The van der Waals surface area contributed by atoms with Gasteiger partial charge in [0.25, 0.3) is 5.56 Å². The second-order valence-electron chi connectivity index (χ2n) is 7.33. The van der Waals surface area contributed by atoms with E-state index in [4.69, 9.17) is 23.8 Å². The van der Waals surface area contributed by atoms with Crippen LogP contribution in [0.25, 0.3) is 0 Å². The van der Waals surface area contributed by atoms with Crippen LogP contribution >= 0.6 is 35.6 Å². The van der Waals surface area contributed by atoms with Gasteiger partial charge in [-0.3, -0.25) is 9.59 Å². The highest BCUT2D eigenvalue weighted by atomic mass is 35.5. The van der Waals surface area contributed by atoms with E-state index < -0.39 is 5.82 Å². The van der Waals surface area contributed by atoms with Crippen LogP contribution in [-0.2, 0) is 11.3 Å². The van der Waals surface area contributed by atoms with Gasteiger partial charge in [0.05, 0.1) is 11.4 Å². The van der Waals surface area contributed by atoms with Gasteiger partial charge in [-0.25, -0.2) is 4.39 Å². The zero-order valence-corrected chi connectivity index (χ0v) is 17.8. The number of hydrogen-bond donors (Lipinski definition) is 1. The average molecular weight is 452 g/mol. The quantitative estimate of drug-likeness (QED) is 0.721. The second-order valence-corrected chi connectivity index (χ2v) is 9.38. The lowest BCUT2D eigenvalue weighted by Crippen LogP contribution is -2.48. The van der Waals surface area contributed by atoms with Crippen molar-refractivity contribution in [2.24, 2.45) is 5.92 Å². The number of pyridine rings is 1. The maximum absolute atomic E-state index is 13.8. The van der Waals surface area contributed by atoms with E-state index >= 15 is 0 Å². The predicted octanol–water partition coefficient (Wildman–Crippen LogP) is 3.72. The molecule has 1 aromatic carbocycles. The molecule has 9 heteroatoms. The summed E-state index contributed by atoms with van der Waals surface area (Å²) < 4.78 is 16.3. The predicted molar refractivity (Wildman–Crippen MR) is 118 cm³/mol. The standard InChI is InChI=1S/C20H19ClFN3O2S2/c21-14-4-5-16(15(22)7-14)23-18(26)11-29-20(28)24-8-12-6-13(10-24)17-2-1-3-19(27)25(17)9-12/h1-5,7,12-13H,6,8-11H2,(H,23,26)/t12-,13+/m1/s1. The molecule has 0 radical (unpaired) electrons. The number of thiocarbonyl (C=S) groups is 1. The Bertz CT molecular complexity index is 1030. The number of thioether (sulfide) groups is 1. The lowest BCUT2D eigenvalue weighted by Gasteiger charge is -2.43. The zero-order chi connectivity index (χ0) is 20.5. The summed E-state index contributed by atoms with van der Waals surface area (Å²) in [7, 11) is 0. The molecule has 29 heavy (non-hydrogen) atoms. The number of nitrogens with zero attached hydrogens (tertiary/aromatic N) is 2. The molecule has 3 heterocycles. The maximum Gasteiger partial charge on any atom is 0.250 e. The molecule has 2 aromatic rings. The minimum absolute atomic E-state index is 0.0497. The molecule has 5 nitrogen and oxygen atoms in total. The molecule has 2 atom stereocenters. The fourth-order valence-electron chi connectivity index (χ4n) is 4.04. The summed E-state index contributed by atoms with van der Waals surface area (Å²) >= 11 is 12.5. The number of hydrogen-bond acceptors (Lipinski definition) is 4. The Labute approximate surface area is 182 Å². The molecule has 0 saturated carbocycles. The lowest BCUT2D eigenvalue weighted by molar-refractivity contribution is -0.113. The Morgan fingerprint density at radius 2 is 2.10 bits per heavy atom. The van der Waals surface area contributed by atoms with Crippen molar-refractivity contribution in [1.82, 2.24) is 9.47 Å². The van der Waals surface area contributed by atoms with Gasteiger partial charge in [-0.2, -0.15) is 0 Å². The Kier molecular flexibility index (Phi) is 5.94. The van der Waals surface area contributed by atoms with Crippen LogP contribution in [0.2, 0.25) is 5.02 Å². The number of rotatable bonds is 3. The number of benzene rings is 1. The topological polar surface area (TPSA) is 54.3 Å². The monoisotopic (exact) mass is 451 g/mol. The number of nitrogens with one attached hydrogen (secondary N) is 1. The van der Waals surface area contributed by atoms with Gasteiger partial charge in [0.2, 0.25) is 5.91 Å². The van der Waals surface area contributed by atoms with Gasteiger partial charge in [0.15, 0.2) is 0 Å². The number of amides is 1. The SMILES string of the molecule is O=C(CSC(=S)N1C[C@H]2C[C@@H](C1)c1cccc(=O)n1C2)Nc1ccc(Cl)cc1F. The molecule has 2 bridgehead atoms. The summed E-state index contributed by atoms with van der Waals surface area (Å²) in [4.78, 5) is 26.4. The van der Waals surface area contributed by atoms with Crippen LogP contribution in [0.15, 0.2) is 41.2 Å². The lowest BCUT2D eigenvalue weighted by atomic mass is 9.83. The van der Waals surface area contributed by atoms with Crippen molar-refractivity contribution in [2.45, 2.75) is 18.9 Å². The van der Waals surface area contributed by atoms with Crippen molar-refractivity contribution in [3.05, 3.63) is 63.3 Å². The maximum atomic E-state index is 13.8. The van der Waals surface area contributed by atoms with Crippen molar-refractivity contribution in [3.63, 3.8) is 0 Å². The van der Waals surface area contributed by atoms with Crippen LogP contribution < -0.4 is 10.9 Å². The van der Waals surface area contributed by atoms with Gasteiger partial charge in [-0.1, -0.05) is 41.6 Å². The van der Waals surface area contributed by atoms with Gasteiger partial charge >= 0.3 is 0 Å².